The minimum absolute atomic E-state index is 0.000399. The Balaban J connectivity index is 1.71. The molecule has 0 fully saturated rings. The summed E-state index contributed by atoms with van der Waals surface area (Å²) in [6, 6.07) is 19.8. The van der Waals surface area contributed by atoms with Gasteiger partial charge in [-0.15, -0.1) is 11.3 Å². The van der Waals surface area contributed by atoms with Gasteiger partial charge >= 0.3 is 0 Å². The van der Waals surface area contributed by atoms with E-state index in [4.69, 9.17) is 4.74 Å². The van der Waals surface area contributed by atoms with Gasteiger partial charge in [0.2, 0.25) is 0 Å². The van der Waals surface area contributed by atoms with E-state index in [1.165, 1.54) is 0 Å². The fourth-order valence-electron chi connectivity index (χ4n) is 2.79. The summed E-state index contributed by atoms with van der Waals surface area (Å²) in [5.74, 6) is 0.648. The lowest BCUT2D eigenvalue weighted by Gasteiger charge is -2.19. The molecule has 0 spiro atoms. The van der Waals surface area contributed by atoms with E-state index < -0.39 is 0 Å². The van der Waals surface area contributed by atoms with Gasteiger partial charge in [0.05, 0.1) is 6.04 Å². The van der Waals surface area contributed by atoms with E-state index in [2.05, 4.69) is 5.32 Å². The van der Waals surface area contributed by atoms with Crippen LogP contribution < -0.4 is 10.1 Å². The maximum Gasteiger partial charge on any atom is 0.258 e. The molecule has 3 nitrogen and oxygen atoms in total. The molecule has 0 radical (unpaired) electrons. The van der Waals surface area contributed by atoms with Gasteiger partial charge < -0.3 is 10.1 Å². The molecule has 1 aromatic heterocycles. The van der Waals surface area contributed by atoms with E-state index in [-0.39, 0.29) is 18.6 Å². The number of ether oxygens (including phenoxy) is 1. The maximum absolute atomic E-state index is 12.5. The van der Waals surface area contributed by atoms with E-state index in [0.717, 1.165) is 27.3 Å². The number of carbonyl (C=O) groups excluding carboxylic acids is 1. The van der Waals surface area contributed by atoms with E-state index in [1.54, 1.807) is 11.3 Å². The van der Waals surface area contributed by atoms with Crippen molar-refractivity contribution in [2.45, 2.75) is 19.9 Å². The molecule has 0 bridgehead atoms. The molecule has 2 aromatic carbocycles. The lowest BCUT2D eigenvalue weighted by molar-refractivity contribution is -0.123. The van der Waals surface area contributed by atoms with Crippen molar-refractivity contribution in [1.29, 1.82) is 0 Å². The van der Waals surface area contributed by atoms with Crippen molar-refractivity contribution in [3.63, 3.8) is 0 Å². The van der Waals surface area contributed by atoms with Crippen LogP contribution in [0.5, 0.6) is 5.75 Å². The summed E-state index contributed by atoms with van der Waals surface area (Å²) in [6.45, 7) is 3.97. The Kier molecular flexibility index (Phi) is 5.51. The Morgan fingerprint density at radius 1 is 1.00 bits per heavy atom. The van der Waals surface area contributed by atoms with Crippen LogP contribution in [0.4, 0.5) is 0 Å². The summed E-state index contributed by atoms with van der Waals surface area (Å²) in [7, 11) is 0. The maximum atomic E-state index is 12.5. The third kappa shape index (κ3) is 4.28. The molecule has 0 saturated carbocycles. The zero-order valence-corrected chi connectivity index (χ0v) is 15.2. The van der Waals surface area contributed by atoms with Crippen LogP contribution in [-0.2, 0) is 4.79 Å². The fourth-order valence-corrected chi connectivity index (χ4v) is 3.59. The summed E-state index contributed by atoms with van der Waals surface area (Å²) < 4.78 is 5.77. The third-order valence-corrected chi connectivity index (χ3v) is 4.96. The molecule has 1 amide bonds. The highest BCUT2D eigenvalue weighted by Crippen LogP contribution is 2.26. The van der Waals surface area contributed by atoms with Crippen molar-refractivity contribution >= 4 is 17.2 Å². The monoisotopic (exact) mass is 351 g/mol. The molecule has 1 atom stereocenters. The molecule has 3 aromatic rings. The van der Waals surface area contributed by atoms with E-state index >= 15 is 0 Å². The Hall–Kier alpha value is -2.59. The number of para-hydroxylation sites is 1. The highest BCUT2D eigenvalue weighted by atomic mass is 32.1. The van der Waals surface area contributed by atoms with Crippen molar-refractivity contribution < 1.29 is 9.53 Å². The number of carbonyl (C=O) groups is 1. The summed E-state index contributed by atoms with van der Waals surface area (Å²) in [6.07, 6.45) is 0. The van der Waals surface area contributed by atoms with Crippen molar-refractivity contribution in [3.05, 3.63) is 87.6 Å². The smallest absolute Gasteiger partial charge is 0.258 e. The summed E-state index contributed by atoms with van der Waals surface area (Å²) in [5.41, 5.74) is 3.13. The lowest BCUT2D eigenvalue weighted by Crippen LogP contribution is -2.33. The second-order valence-electron chi connectivity index (χ2n) is 5.94. The number of nitrogens with one attached hydrogen (secondary N) is 1. The van der Waals surface area contributed by atoms with Crippen LogP contribution >= 0.6 is 11.3 Å². The average Bonchev–Trinajstić information content (AvgIpc) is 3.14. The van der Waals surface area contributed by atoms with Gasteiger partial charge in [-0.25, -0.2) is 0 Å². The van der Waals surface area contributed by atoms with Gasteiger partial charge in [0.25, 0.3) is 5.91 Å². The van der Waals surface area contributed by atoms with Crippen LogP contribution in [0.2, 0.25) is 0 Å². The Bertz CT molecular complexity index is 808. The predicted octanol–water partition coefficient (Wildman–Crippen LogP) is 4.65. The highest BCUT2D eigenvalue weighted by Gasteiger charge is 2.18. The molecule has 25 heavy (non-hydrogen) atoms. The molecule has 0 aliphatic rings. The zero-order valence-electron chi connectivity index (χ0n) is 14.4. The summed E-state index contributed by atoms with van der Waals surface area (Å²) >= 11 is 1.63. The minimum atomic E-state index is -0.157. The van der Waals surface area contributed by atoms with Gasteiger partial charge in [-0.1, -0.05) is 54.6 Å². The normalized spacial score (nSPS) is 11.8. The van der Waals surface area contributed by atoms with Crippen molar-refractivity contribution in [2.75, 3.05) is 6.61 Å². The molecule has 0 saturated heterocycles. The quantitative estimate of drug-likeness (QED) is 0.702. The average molecular weight is 351 g/mol. The standard InChI is InChI=1S/C21H21NO2S/c1-15-8-6-9-16(2)21(15)24-14-19(23)22-20(18-12-7-13-25-18)17-10-4-3-5-11-17/h3-13,20H,14H2,1-2H3,(H,22,23). The Morgan fingerprint density at radius 2 is 1.72 bits per heavy atom. The van der Waals surface area contributed by atoms with Crippen molar-refractivity contribution in [1.82, 2.24) is 5.32 Å². The minimum Gasteiger partial charge on any atom is -0.483 e. The van der Waals surface area contributed by atoms with E-state index in [9.17, 15) is 4.79 Å². The fraction of sp³-hybridized carbons (Fsp3) is 0.190. The molecular formula is C21H21NO2S. The number of rotatable bonds is 6. The summed E-state index contributed by atoms with van der Waals surface area (Å²) in [5, 5.41) is 5.11. The first-order chi connectivity index (χ1) is 12.1. The molecule has 1 unspecified atom stereocenters. The lowest BCUT2D eigenvalue weighted by atomic mass is 10.1. The molecule has 1 N–H and O–H groups in total. The zero-order chi connectivity index (χ0) is 17.6. The van der Waals surface area contributed by atoms with Crippen LogP contribution in [0.3, 0.4) is 0 Å². The SMILES string of the molecule is Cc1cccc(C)c1OCC(=O)NC(c1ccccc1)c1cccs1. The first-order valence-electron chi connectivity index (χ1n) is 8.22. The second-order valence-corrected chi connectivity index (χ2v) is 6.92. The Morgan fingerprint density at radius 3 is 2.36 bits per heavy atom. The summed E-state index contributed by atoms with van der Waals surface area (Å²) in [4.78, 5) is 13.6. The third-order valence-electron chi connectivity index (χ3n) is 4.02. The first kappa shape index (κ1) is 17.2. The van der Waals surface area contributed by atoms with Gasteiger partial charge in [0.15, 0.2) is 6.61 Å². The highest BCUT2D eigenvalue weighted by molar-refractivity contribution is 7.10. The predicted molar refractivity (Wildman–Crippen MR) is 102 cm³/mol. The van der Waals surface area contributed by atoms with E-state index in [0.29, 0.717) is 0 Å². The number of thiophene rings is 1. The number of benzene rings is 2. The molecule has 128 valence electrons. The number of hydrogen-bond donors (Lipinski definition) is 1. The molecule has 3 rings (SSSR count). The van der Waals surface area contributed by atoms with Gasteiger partial charge in [-0.05, 0) is 42.0 Å². The molecule has 1 heterocycles. The van der Waals surface area contributed by atoms with Crippen molar-refractivity contribution in [3.8, 4) is 5.75 Å². The van der Waals surface area contributed by atoms with Crippen LogP contribution in [0.1, 0.15) is 27.6 Å². The molecule has 4 heteroatoms. The van der Waals surface area contributed by atoms with Crippen LogP contribution in [0.25, 0.3) is 0 Å². The van der Waals surface area contributed by atoms with Crippen molar-refractivity contribution in [2.24, 2.45) is 0 Å². The van der Waals surface area contributed by atoms with Gasteiger partial charge in [0, 0.05) is 4.88 Å². The first-order valence-corrected chi connectivity index (χ1v) is 9.10. The largest absolute Gasteiger partial charge is 0.483 e. The number of amides is 1. The Labute approximate surface area is 152 Å². The van der Waals surface area contributed by atoms with Gasteiger partial charge in [0.1, 0.15) is 5.75 Å². The van der Waals surface area contributed by atoms with Crippen LogP contribution in [0, 0.1) is 13.8 Å². The molecule has 0 aliphatic heterocycles. The molecular weight excluding hydrogens is 330 g/mol. The van der Waals surface area contributed by atoms with E-state index in [1.807, 2.05) is 79.9 Å². The topological polar surface area (TPSA) is 38.3 Å². The number of aryl methyl sites for hydroxylation is 2. The molecule has 0 aliphatic carbocycles. The van der Waals surface area contributed by atoms with Gasteiger partial charge in [-0.2, -0.15) is 0 Å². The second kappa shape index (κ2) is 7.99. The van der Waals surface area contributed by atoms with Gasteiger partial charge in [-0.3, -0.25) is 4.79 Å². The van der Waals surface area contributed by atoms with Crippen LogP contribution in [0.15, 0.2) is 66.0 Å². The van der Waals surface area contributed by atoms with Crippen LogP contribution in [-0.4, -0.2) is 12.5 Å². The number of hydrogen-bond acceptors (Lipinski definition) is 3.